The number of carbonyl (C=O) groups is 1. The van der Waals surface area contributed by atoms with E-state index in [0.29, 0.717) is 5.56 Å². The Morgan fingerprint density at radius 2 is 1.73 bits per heavy atom. The lowest BCUT2D eigenvalue weighted by atomic mass is 10.1. The number of hydrogen-bond donors (Lipinski definition) is 1. The van der Waals surface area contributed by atoms with Gasteiger partial charge >= 0.3 is 0 Å². The summed E-state index contributed by atoms with van der Waals surface area (Å²) in [5.41, 5.74) is 3.12. The van der Waals surface area contributed by atoms with E-state index >= 15 is 0 Å². The van der Waals surface area contributed by atoms with Crippen molar-refractivity contribution in [2.45, 2.75) is 12.8 Å². The van der Waals surface area contributed by atoms with Gasteiger partial charge in [0.05, 0.1) is 5.69 Å². The van der Waals surface area contributed by atoms with Gasteiger partial charge in [-0.3, -0.25) is 4.79 Å². The van der Waals surface area contributed by atoms with Crippen LogP contribution in [0.4, 0.5) is 11.5 Å². The maximum atomic E-state index is 12.5. The first-order chi connectivity index (χ1) is 12.8. The summed E-state index contributed by atoms with van der Waals surface area (Å²) >= 11 is 0. The standard InChI is InChI=1S/C21H20N4O/c26-21(24-18-9-2-1-3-10-18)17-8-6-7-16(13-17)19-14-20(23-15-22-19)25-11-4-5-12-25/h1-3,6-10,13-15H,4-5,11-12H2,(H,24,26). The Hall–Kier alpha value is -3.21. The number of amides is 1. The molecule has 0 bridgehead atoms. The summed E-state index contributed by atoms with van der Waals surface area (Å²) in [5, 5.41) is 2.91. The second kappa shape index (κ2) is 7.35. The molecule has 0 saturated carbocycles. The molecule has 4 rings (SSSR count). The second-order valence-electron chi connectivity index (χ2n) is 6.36. The number of hydrogen-bond acceptors (Lipinski definition) is 4. The van der Waals surface area contributed by atoms with Crippen molar-refractivity contribution < 1.29 is 4.79 Å². The summed E-state index contributed by atoms with van der Waals surface area (Å²) in [4.78, 5) is 23.6. The van der Waals surface area contributed by atoms with E-state index in [1.807, 2.05) is 60.7 Å². The largest absolute Gasteiger partial charge is 0.357 e. The molecule has 1 aliphatic heterocycles. The molecule has 26 heavy (non-hydrogen) atoms. The second-order valence-corrected chi connectivity index (χ2v) is 6.36. The Balaban J connectivity index is 1.57. The molecule has 0 spiro atoms. The molecule has 3 aromatic rings. The topological polar surface area (TPSA) is 58.1 Å². The zero-order valence-corrected chi connectivity index (χ0v) is 14.4. The smallest absolute Gasteiger partial charge is 0.255 e. The molecule has 1 N–H and O–H groups in total. The van der Waals surface area contributed by atoms with Crippen LogP contribution < -0.4 is 10.2 Å². The van der Waals surface area contributed by atoms with Crippen LogP contribution in [0.2, 0.25) is 0 Å². The fourth-order valence-electron chi connectivity index (χ4n) is 3.17. The molecular weight excluding hydrogens is 324 g/mol. The molecule has 1 aromatic heterocycles. The van der Waals surface area contributed by atoms with Crippen molar-refractivity contribution in [1.82, 2.24) is 9.97 Å². The summed E-state index contributed by atoms with van der Waals surface area (Å²) < 4.78 is 0. The van der Waals surface area contributed by atoms with Crippen LogP contribution in [0, 0.1) is 0 Å². The van der Waals surface area contributed by atoms with Gasteiger partial charge in [-0.25, -0.2) is 9.97 Å². The van der Waals surface area contributed by atoms with Gasteiger partial charge in [-0.1, -0.05) is 30.3 Å². The van der Waals surface area contributed by atoms with E-state index in [9.17, 15) is 4.79 Å². The summed E-state index contributed by atoms with van der Waals surface area (Å²) in [6.45, 7) is 2.08. The molecule has 5 heteroatoms. The summed E-state index contributed by atoms with van der Waals surface area (Å²) in [5.74, 6) is 0.818. The van der Waals surface area contributed by atoms with E-state index < -0.39 is 0 Å². The van der Waals surface area contributed by atoms with Gasteiger partial charge in [0.25, 0.3) is 5.91 Å². The summed E-state index contributed by atoms with van der Waals surface area (Å²) in [6, 6.07) is 19.0. The highest BCUT2D eigenvalue weighted by atomic mass is 16.1. The molecule has 2 heterocycles. The highest BCUT2D eigenvalue weighted by Gasteiger charge is 2.15. The van der Waals surface area contributed by atoms with Crippen molar-refractivity contribution in [3.63, 3.8) is 0 Å². The number of nitrogens with one attached hydrogen (secondary N) is 1. The number of para-hydroxylation sites is 1. The predicted molar refractivity (Wildman–Crippen MR) is 103 cm³/mol. The Bertz CT molecular complexity index is 905. The van der Waals surface area contributed by atoms with Crippen LogP contribution in [-0.2, 0) is 0 Å². The van der Waals surface area contributed by atoms with Crippen molar-refractivity contribution in [3.8, 4) is 11.3 Å². The first-order valence-corrected chi connectivity index (χ1v) is 8.83. The zero-order valence-electron chi connectivity index (χ0n) is 14.4. The predicted octanol–water partition coefficient (Wildman–Crippen LogP) is 4.00. The van der Waals surface area contributed by atoms with E-state index in [4.69, 9.17) is 0 Å². The lowest BCUT2D eigenvalue weighted by Gasteiger charge is -2.16. The molecule has 0 unspecified atom stereocenters. The van der Waals surface area contributed by atoms with Gasteiger partial charge in [-0.05, 0) is 37.1 Å². The molecular formula is C21H20N4O. The van der Waals surface area contributed by atoms with E-state index in [1.165, 1.54) is 12.8 Å². The Kier molecular flexibility index (Phi) is 4.60. The van der Waals surface area contributed by atoms with Crippen LogP contribution in [0.1, 0.15) is 23.2 Å². The third-order valence-electron chi connectivity index (χ3n) is 4.53. The Morgan fingerprint density at radius 3 is 2.54 bits per heavy atom. The maximum Gasteiger partial charge on any atom is 0.255 e. The zero-order chi connectivity index (χ0) is 17.8. The molecule has 2 aromatic carbocycles. The van der Waals surface area contributed by atoms with E-state index in [2.05, 4.69) is 20.2 Å². The number of nitrogens with zero attached hydrogens (tertiary/aromatic N) is 3. The molecule has 0 aliphatic carbocycles. The van der Waals surface area contributed by atoms with Gasteiger partial charge in [0.2, 0.25) is 0 Å². The molecule has 1 amide bonds. The number of rotatable bonds is 4. The Labute approximate surface area is 152 Å². The number of carbonyl (C=O) groups excluding carboxylic acids is 1. The van der Waals surface area contributed by atoms with Crippen LogP contribution >= 0.6 is 0 Å². The van der Waals surface area contributed by atoms with Gasteiger partial charge < -0.3 is 10.2 Å². The van der Waals surface area contributed by atoms with Crippen molar-refractivity contribution in [2.75, 3.05) is 23.3 Å². The summed E-state index contributed by atoms with van der Waals surface area (Å²) in [6.07, 6.45) is 4.00. The summed E-state index contributed by atoms with van der Waals surface area (Å²) in [7, 11) is 0. The molecule has 130 valence electrons. The van der Waals surface area contributed by atoms with Gasteiger partial charge in [0.1, 0.15) is 12.1 Å². The SMILES string of the molecule is O=C(Nc1ccccc1)c1cccc(-c2cc(N3CCCC3)ncn2)c1. The third kappa shape index (κ3) is 3.57. The van der Waals surface area contributed by atoms with Crippen molar-refractivity contribution in [1.29, 1.82) is 0 Å². The highest BCUT2D eigenvalue weighted by Crippen LogP contribution is 2.24. The fourth-order valence-corrected chi connectivity index (χ4v) is 3.17. The van der Waals surface area contributed by atoms with Crippen LogP contribution in [0.15, 0.2) is 67.0 Å². The van der Waals surface area contributed by atoms with E-state index in [1.54, 1.807) is 6.33 Å². The lowest BCUT2D eigenvalue weighted by molar-refractivity contribution is 0.102. The minimum Gasteiger partial charge on any atom is -0.357 e. The fraction of sp³-hybridized carbons (Fsp3) is 0.190. The van der Waals surface area contributed by atoms with Crippen LogP contribution in [0.5, 0.6) is 0 Å². The molecule has 1 aliphatic rings. The molecule has 5 nitrogen and oxygen atoms in total. The van der Waals surface area contributed by atoms with Gasteiger partial charge in [0.15, 0.2) is 0 Å². The lowest BCUT2D eigenvalue weighted by Crippen LogP contribution is -2.19. The molecule has 0 radical (unpaired) electrons. The number of anilines is 2. The first-order valence-electron chi connectivity index (χ1n) is 8.83. The van der Waals surface area contributed by atoms with Crippen molar-refractivity contribution in [2.24, 2.45) is 0 Å². The van der Waals surface area contributed by atoms with Gasteiger partial charge in [0, 0.05) is 36.0 Å². The van der Waals surface area contributed by atoms with Gasteiger partial charge in [-0.15, -0.1) is 0 Å². The van der Waals surface area contributed by atoms with E-state index in [0.717, 1.165) is 35.9 Å². The molecule has 1 saturated heterocycles. The number of aromatic nitrogens is 2. The van der Waals surface area contributed by atoms with Crippen LogP contribution in [0.3, 0.4) is 0 Å². The van der Waals surface area contributed by atoms with Gasteiger partial charge in [-0.2, -0.15) is 0 Å². The minimum absolute atomic E-state index is 0.133. The van der Waals surface area contributed by atoms with Crippen LogP contribution in [0.25, 0.3) is 11.3 Å². The van der Waals surface area contributed by atoms with E-state index in [-0.39, 0.29) is 5.91 Å². The highest BCUT2D eigenvalue weighted by molar-refractivity contribution is 6.04. The quantitative estimate of drug-likeness (QED) is 0.777. The first kappa shape index (κ1) is 16.3. The van der Waals surface area contributed by atoms with Crippen molar-refractivity contribution >= 4 is 17.4 Å². The number of benzene rings is 2. The third-order valence-corrected chi connectivity index (χ3v) is 4.53. The van der Waals surface area contributed by atoms with Crippen LogP contribution in [-0.4, -0.2) is 29.0 Å². The average molecular weight is 344 g/mol. The molecule has 1 fully saturated rings. The monoisotopic (exact) mass is 344 g/mol. The van der Waals surface area contributed by atoms with Crippen molar-refractivity contribution in [3.05, 3.63) is 72.6 Å². The minimum atomic E-state index is -0.133. The maximum absolute atomic E-state index is 12.5. The average Bonchev–Trinajstić information content (AvgIpc) is 3.24. The normalized spacial score (nSPS) is 13.6. The molecule has 0 atom stereocenters. The Morgan fingerprint density at radius 1 is 0.923 bits per heavy atom.